The predicted molar refractivity (Wildman–Crippen MR) is 68.1 cm³/mol. The lowest BCUT2D eigenvalue weighted by molar-refractivity contribution is 0.1000. The summed E-state index contributed by atoms with van der Waals surface area (Å²) in [6.45, 7) is 8.85. The van der Waals surface area contributed by atoms with Crippen molar-refractivity contribution in [1.29, 1.82) is 0 Å². The molecule has 1 unspecified atom stereocenters. The van der Waals surface area contributed by atoms with Crippen molar-refractivity contribution in [2.75, 3.05) is 52.9 Å². The molecule has 5 heteroatoms. The molecule has 0 aromatic heterocycles. The summed E-state index contributed by atoms with van der Waals surface area (Å²) >= 11 is 0. The Balaban J connectivity index is 1.79. The number of hydrogen-bond acceptors (Lipinski definition) is 3. The van der Waals surface area contributed by atoms with E-state index in [2.05, 4.69) is 10.2 Å². The van der Waals surface area contributed by atoms with Gasteiger partial charge in [-0.25, -0.2) is 4.79 Å². The molecule has 2 amide bonds. The van der Waals surface area contributed by atoms with Crippen LogP contribution in [-0.2, 0) is 0 Å². The van der Waals surface area contributed by atoms with Crippen LogP contribution in [0.5, 0.6) is 0 Å². The van der Waals surface area contributed by atoms with Crippen LogP contribution in [0.15, 0.2) is 0 Å². The molecule has 0 aromatic carbocycles. The van der Waals surface area contributed by atoms with Gasteiger partial charge in [0.25, 0.3) is 0 Å². The molecule has 98 valence electrons. The summed E-state index contributed by atoms with van der Waals surface area (Å²) in [4.78, 5) is 18.3. The van der Waals surface area contributed by atoms with Crippen LogP contribution in [0, 0.1) is 0 Å². The van der Waals surface area contributed by atoms with Gasteiger partial charge in [0, 0.05) is 52.4 Å². The van der Waals surface area contributed by atoms with E-state index in [4.69, 9.17) is 0 Å². The highest BCUT2D eigenvalue weighted by molar-refractivity contribution is 5.74. The van der Waals surface area contributed by atoms with Gasteiger partial charge in [0.05, 0.1) is 0 Å². The third kappa shape index (κ3) is 2.90. The average molecular weight is 240 g/mol. The van der Waals surface area contributed by atoms with Crippen molar-refractivity contribution in [2.24, 2.45) is 0 Å². The molecule has 0 aliphatic carbocycles. The van der Waals surface area contributed by atoms with Crippen molar-refractivity contribution in [3.05, 3.63) is 0 Å². The molecule has 0 saturated carbocycles. The van der Waals surface area contributed by atoms with E-state index in [0.29, 0.717) is 6.04 Å². The lowest BCUT2D eigenvalue weighted by Gasteiger charge is -2.39. The van der Waals surface area contributed by atoms with Crippen molar-refractivity contribution in [3.63, 3.8) is 0 Å². The summed E-state index contributed by atoms with van der Waals surface area (Å²) in [5.74, 6) is 0. The topological polar surface area (TPSA) is 38.8 Å². The Labute approximate surface area is 104 Å². The Morgan fingerprint density at radius 3 is 2.59 bits per heavy atom. The second-order valence-electron chi connectivity index (χ2n) is 4.97. The van der Waals surface area contributed by atoms with E-state index in [9.17, 15) is 4.79 Å². The van der Waals surface area contributed by atoms with Crippen molar-refractivity contribution in [2.45, 2.75) is 19.4 Å². The second kappa shape index (κ2) is 5.69. The van der Waals surface area contributed by atoms with Crippen LogP contribution >= 0.6 is 0 Å². The Kier molecular flexibility index (Phi) is 4.23. The number of nitrogens with zero attached hydrogens (tertiary/aromatic N) is 3. The number of rotatable bonds is 2. The number of nitrogens with one attached hydrogen (secondary N) is 1. The third-order valence-electron chi connectivity index (χ3n) is 3.94. The van der Waals surface area contributed by atoms with Gasteiger partial charge in [-0.15, -0.1) is 0 Å². The van der Waals surface area contributed by atoms with Crippen LogP contribution in [0.2, 0.25) is 0 Å². The van der Waals surface area contributed by atoms with Gasteiger partial charge in [0.2, 0.25) is 0 Å². The van der Waals surface area contributed by atoms with Crippen molar-refractivity contribution >= 4 is 6.03 Å². The Morgan fingerprint density at radius 1 is 1.35 bits per heavy atom. The molecule has 2 rings (SSSR count). The number of amides is 2. The first kappa shape index (κ1) is 12.6. The van der Waals surface area contributed by atoms with E-state index < -0.39 is 0 Å². The van der Waals surface area contributed by atoms with E-state index in [1.165, 1.54) is 6.42 Å². The summed E-state index contributed by atoms with van der Waals surface area (Å²) in [5.41, 5.74) is 0. The van der Waals surface area contributed by atoms with Crippen molar-refractivity contribution < 1.29 is 4.79 Å². The van der Waals surface area contributed by atoms with Crippen molar-refractivity contribution in [1.82, 2.24) is 20.0 Å². The van der Waals surface area contributed by atoms with Gasteiger partial charge in [-0.3, -0.25) is 4.90 Å². The molecule has 5 nitrogen and oxygen atoms in total. The standard InChI is InChI=1S/C12H24N4O/c1-3-14(2)12(17)16-8-6-15(7-9-16)11-4-5-13-10-11/h11,13H,3-10H2,1-2H3. The number of piperazine rings is 1. The average Bonchev–Trinajstić information content (AvgIpc) is 2.91. The maximum Gasteiger partial charge on any atom is 0.319 e. The fraction of sp³-hybridized carbons (Fsp3) is 0.917. The Morgan fingerprint density at radius 2 is 2.06 bits per heavy atom. The maximum atomic E-state index is 12.0. The van der Waals surface area contributed by atoms with E-state index >= 15 is 0 Å². The zero-order valence-electron chi connectivity index (χ0n) is 11.0. The number of carbonyl (C=O) groups excluding carboxylic acids is 1. The normalized spacial score (nSPS) is 26.2. The summed E-state index contributed by atoms with van der Waals surface area (Å²) in [6, 6.07) is 0.868. The lowest BCUT2D eigenvalue weighted by Crippen LogP contribution is -2.54. The second-order valence-corrected chi connectivity index (χ2v) is 4.97. The molecule has 2 fully saturated rings. The molecule has 0 radical (unpaired) electrons. The predicted octanol–water partition coefficient (Wildman–Crippen LogP) is 0.0376. The molecule has 17 heavy (non-hydrogen) atoms. The third-order valence-corrected chi connectivity index (χ3v) is 3.94. The summed E-state index contributed by atoms with van der Waals surface area (Å²) in [5, 5.41) is 3.40. The molecule has 0 bridgehead atoms. The number of carbonyl (C=O) groups is 1. The minimum atomic E-state index is 0.177. The molecular formula is C12H24N4O. The SMILES string of the molecule is CCN(C)C(=O)N1CCN(C2CCNC2)CC1. The smallest absolute Gasteiger partial charge is 0.319 e. The van der Waals surface area contributed by atoms with E-state index in [-0.39, 0.29) is 6.03 Å². The van der Waals surface area contributed by atoms with Crippen LogP contribution < -0.4 is 5.32 Å². The first-order valence-corrected chi connectivity index (χ1v) is 6.67. The maximum absolute atomic E-state index is 12.0. The van der Waals surface area contributed by atoms with E-state index in [1.54, 1.807) is 4.90 Å². The summed E-state index contributed by atoms with van der Waals surface area (Å²) in [7, 11) is 1.87. The largest absolute Gasteiger partial charge is 0.328 e. The Hall–Kier alpha value is -0.810. The first-order valence-electron chi connectivity index (χ1n) is 6.67. The van der Waals surface area contributed by atoms with Gasteiger partial charge in [0.1, 0.15) is 0 Å². The highest BCUT2D eigenvalue weighted by Crippen LogP contribution is 2.12. The fourth-order valence-electron chi connectivity index (χ4n) is 2.61. The van der Waals surface area contributed by atoms with Gasteiger partial charge < -0.3 is 15.1 Å². The number of hydrogen-bond donors (Lipinski definition) is 1. The van der Waals surface area contributed by atoms with Crippen LogP contribution in [0.4, 0.5) is 4.79 Å². The quantitative estimate of drug-likeness (QED) is 0.740. The van der Waals surface area contributed by atoms with Gasteiger partial charge >= 0.3 is 6.03 Å². The van der Waals surface area contributed by atoms with Crippen LogP contribution in [-0.4, -0.2) is 79.6 Å². The molecular weight excluding hydrogens is 216 g/mol. The highest BCUT2D eigenvalue weighted by Gasteiger charge is 2.28. The Bertz CT molecular complexity index is 257. The van der Waals surface area contributed by atoms with Gasteiger partial charge in [-0.1, -0.05) is 0 Å². The van der Waals surface area contributed by atoms with Gasteiger partial charge in [0.15, 0.2) is 0 Å². The molecule has 1 N–H and O–H groups in total. The zero-order valence-corrected chi connectivity index (χ0v) is 11.0. The molecule has 0 spiro atoms. The summed E-state index contributed by atoms with van der Waals surface area (Å²) in [6.07, 6.45) is 1.25. The molecule has 1 atom stereocenters. The summed E-state index contributed by atoms with van der Waals surface area (Å²) < 4.78 is 0. The van der Waals surface area contributed by atoms with Crippen LogP contribution in [0.3, 0.4) is 0 Å². The minimum Gasteiger partial charge on any atom is -0.328 e. The van der Waals surface area contributed by atoms with Gasteiger partial charge in [-0.05, 0) is 19.9 Å². The molecule has 2 aliphatic rings. The van der Waals surface area contributed by atoms with E-state index in [1.807, 2.05) is 18.9 Å². The van der Waals surface area contributed by atoms with Crippen LogP contribution in [0.25, 0.3) is 0 Å². The minimum absolute atomic E-state index is 0.177. The number of urea groups is 1. The van der Waals surface area contributed by atoms with Crippen molar-refractivity contribution in [3.8, 4) is 0 Å². The zero-order chi connectivity index (χ0) is 12.3. The van der Waals surface area contributed by atoms with E-state index in [0.717, 1.165) is 45.8 Å². The lowest BCUT2D eigenvalue weighted by atomic mass is 10.2. The van der Waals surface area contributed by atoms with Gasteiger partial charge in [-0.2, -0.15) is 0 Å². The highest BCUT2D eigenvalue weighted by atomic mass is 16.2. The molecule has 2 saturated heterocycles. The first-order chi connectivity index (χ1) is 8.22. The molecule has 2 aliphatic heterocycles. The van der Waals surface area contributed by atoms with Crippen LogP contribution in [0.1, 0.15) is 13.3 Å². The molecule has 2 heterocycles. The molecule has 0 aromatic rings. The fourth-order valence-corrected chi connectivity index (χ4v) is 2.61. The monoisotopic (exact) mass is 240 g/mol.